The van der Waals surface area contributed by atoms with Crippen LogP contribution in [0.4, 0.5) is 11.4 Å². The van der Waals surface area contributed by atoms with E-state index in [1.54, 1.807) is 40.2 Å². The van der Waals surface area contributed by atoms with Crippen molar-refractivity contribution in [3.8, 4) is 0 Å². The topological polar surface area (TPSA) is 91.7 Å². The third kappa shape index (κ3) is 4.72. The molecule has 6 rings (SSSR count). The minimum Gasteiger partial charge on any atom is -0.377 e. The van der Waals surface area contributed by atoms with E-state index in [1.165, 1.54) is 0 Å². The average molecular weight is 563 g/mol. The predicted octanol–water partition coefficient (Wildman–Crippen LogP) is 4.12. The molecule has 1 N–H and O–H groups in total. The van der Waals surface area contributed by atoms with E-state index in [9.17, 15) is 18.0 Å². The molecule has 2 aliphatic heterocycles. The fraction of sp³-hybridized carbons (Fsp3) is 0.310. The maximum absolute atomic E-state index is 13.5. The van der Waals surface area contributed by atoms with Crippen molar-refractivity contribution in [1.29, 1.82) is 0 Å². The minimum absolute atomic E-state index is 0.0325. The van der Waals surface area contributed by atoms with Gasteiger partial charge in [-0.3, -0.25) is 14.3 Å². The van der Waals surface area contributed by atoms with Crippen molar-refractivity contribution in [2.75, 3.05) is 36.8 Å². The van der Waals surface area contributed by atoms with Gasteiger partial charge in [0.2, 0.25) is 5.91 Å². The lowest BCUT2D eigenvalue weighted by molar-refractivity contribution is -0.133. The molecule has 39 heavy (non-hydrogen) atoms. The van der Waals surface area contributed by atoms with E-state index in [-0.39, 0.29) is 33.9 Å². The van der Waals surface area contributed by atoms with Crippen molar-refractivity contribution < 1.29 is 13.2 Å². The number of hydrogen-bond donors (Lipinski definition) is 1. The molecule has 4 aromatic rings. The van der Waals surface area contributed by atoms with Gasteiger partial charge in [0.1, 0.15) is 5.69 Å². The molecule has 2 aromatic heterocycles. The Bertz CT molecular complexity index is 1730. The first-order valence-corrected chi connectivity index (χ1v) is 15.3. The highest BCUT2D eigenvalue weighted by Crippen LogP contribution is 2.36. The fourth-order valence-electron chi connectivity index (χ4n) is 5.99. The molecule has 2 aromatic carbocycles. The Kier molecular flexibility index (Phi) is 6.47. The van der Waals surface area contributed by atoms with E-state index >= 15 is 0 Å². The van der Waals surface area contributed by atoms with Crippen molar-refractivity contribution in [2.24, 2.45) is 5.92 Å². The zero-order valence-corrected chi connectivity index (χ0v) is 23.5. The summed E-state index contributed by atoms with van der Waals surface area (Å²) in [5, 5.41) is 3.39. The molecule has 2 aliphatic rings. The lowest BCUT2D eigenvalue weighted by atomic mass is 9.83. The Labute approximate surface area is 231 Å². The Morgan fingerprint density at radius 1 is 1.00 bits per heavy atom. The van der Waals surface area contributed by atoms with Crippen LogP contribution in [0.15, 0.2) is 75.7 Å². The molecule has 2 atom stereocenters. The molecule has 0 radical (unpaired) electrons. The van der Waals surface area contributed by atoms with Crippen LogP contribution < -0.4 is 15.2 Å². The summed E-state index contributed by atoms with van der Waals surface area (Å²) in [5.41, 5.74) is 1.45. The van der Waals surface area contributed by atoms with Gasteiger partial charge >= 0.3 is 0 Å². The Morgan fingerprint density at radius 3 is 2.56 bits per heavy atom. The van der Waals surface area contributed by atoms with Gasteiger partial charge in [-0.2, -0.15) is 0 Å². The number of sulfonamides is 1. The third-order valence-corrected chi connectivity index (χ3v) is 10.0. The summed E-state index contributed by atoms with van der Waals surface area (Å²) in [6.07, 6.45) is 1.31. The summed E-state index contributed by atoms with van der Waals surface area (Å²) in [7, 11) is -0.202. The summed E-state index contributed by atoms with van der Waals surface area (Å²) >= 11 is 1.58. The van der Waals surface area contributed by atoms with Gasteiger partial charge in [-0.1, -0.05) is 30.3 Å². The molecule has 0 unspecified atom stereocenters. The van der Waals surface area contributed by atoms with Gasteiger partial charge in [0.25, 0.3) is 15.6 Å². The van der Waals surface area contributed by atoms with Gasteiger partial charge in [0.05, 0.1) is 11.3 Å². The SMILES string of the molecule is CN(C)c1cccc2c(S(=O)(=O)Nc3ccc4n(c3=O)C[C@H]3C[C@@H]4CN(C(=O)Cc4cccs4)C3)cccc12. The van der Waals surface area contributed by atoms with Crippen LogP contribution in [0.1, 0.15) is 22.9 Å². The number of rotatable bonds is 6. The van der Waals surface area contributed by atoms with Crippen LogP contribution in [0, 0.1) is 5.92 Å². The minimum atomic E-state index is -4.03. The molecule has 202 valence electrons. The molecule has 8 nitrogen and oxygen atoms in total. The number of anilines is 2. The number of piperidine rings is 1. The second-order valence-corrected chi connectivity index (χ2v) is 13.3. The number of thiophene rings is 1. The number of fused-ring (bicyclic) bond motifs is 5. The first kappa shape index (κ1) is 25.6. The molecule has 0 saturated carbocycles. The van der Waals surface area contributed by atoms with E-state index in [1.807, 2.05) is 65.7 Å². The van der Waals surface area contributed by atoms with E-state index in [4.69, 9.17) is 0 Å². The smallest absolute Gasteiger partial charge is 0.275 e. The number of aromatic nitrogens is 1. The number of nitrogens with zero attached hydrogens (tertiary/aromatic N) is 3. The first-order chi connectivity index (χ1) is 18.7. The van der Waals surface area contributed by atoms with Gasteiger partial charge in [-0.25, -0.2) is 8.42 Å². The number of carbonyl (C=O) groups is 1. The lowest BCUT2D eigenvalue weighted by Gasteiger charge is -2.43. The predicted molar refractivity (Wildman–Crippen MR) is 155 cm³/mol. The van der Waals surface area contributed by atoms with Gasteiger partial charge in [0, 0.05) is 66.7 Å². The van der Waals surface area contributed by atoms with Crippen LogP contribution in [0.25, 0.3) is 10.8 Å². The Hall–Kier alpha value is -3.63. The van der Waals surface area contributed by atoms with Gasteiger partial charge in [-0.05, 0) is 48.1 Å². The quantitative estimate of drug-likeness (QED) is 0.382. The van der Waals surface area contributed by atoms with Gasteiger partial charge in [0.15, 0.2) is 0 Å². The van der Waals surface area contributed by atoms with Crippen molar-refractivity contribution in [3.05, 3.63) is 87.0 Å². The highest BCUT2D eigenvalue weighted by Gasteiger charge is 2.37. The van der Waals surface area contributed by atoms with E-state index in [2.05, 4.69) is 4.72 Å². The third-order valence-electron chi connectivity index (χ3n) is 7.74. The molecule has 10 heteroatoms. The Balaban J connectivity index is 1.28. The van der Waals surface area contributed by atoms with Crippen molar-refractivity contribution >= 4 is 49.4 Å². The van der Waals surface area contributed by atoms with E-state index in [0.717, 1.165) is 28.1 Å². The number of carbonyl (C=O) groups excluding carboxylic acids is 1. The maximum Gasteiger partial charge on any atom is 0.275 e. The number of nitrogens with one attached hydrogen (secondary N) is 1. The molecule has 2 bridgehead atoms. The molecule has 1 fully saturated rings. The Morgan fingerprint density at radius 2 is 1.79 bits per heavy atom. The lowest BCUT2D eigenvalue weighted by Crippen LogP contribution is -2.49. The van der Waals surface area contributed by atoms with Crippen molar-refractivity contribution in [3.63, 3.8) is 0 Å². The highest BCUT2D eigenvalue weighted by atomic mass is 32.2. The van der Waals surface area contributed by atoms with Crippen LogP contribution in [0.5, 0.6) is 0 Å². The van der Waals surface area contributed by atoms with Crippen molar-refractivity contribution in [2.45, 2.75) is 30.2 Å². The average Bonchev–Trinajstić information content (AvgIpc) is 3.42. The molecule has 4 heterocycles. The van der Waals surface area contributed by atoms with E-state index < -0.39 is 10.0 Å². The van der Waals surface area contributed by atoms with Crippen LogP contribution in [0.3, 0.4) is 0 Å². The monoisotopic (exact) mass is 562 g/mol. The summed E-state index contributed by atoms with van der Waals surface area (Å²) in [6.45, 7) is 1.63. The largest absolute Gasteiger partial charge is 0.377 e. The number of hydrogen-bond acceptors (Lipinski definition) is 6. The normalized spacial score (nSPS) is 18.6. The maximum atomic E-state index is 13.5. The second kappa shape index (κ2) is 9.84. The van der Waals surface area contributed by atoms with Gasteiger partial charge < -0.3 is 14.4 Å². The molecular weight excluding hydrogens is 532 g/mol. The highest BCUT2D eigenvalue weighted by molar-refractivity contribution is 7.93. The summed E-state index contributed by atoms with van der Waals surface area (Å²) in [5.74, 6) is 0.307. The molecule has 0 spiro atoms. The molecular formula is C29H30N4O4S2. The summed E-state index contributed by atoms with van der Waals surface area (Å²) < 4.78 is 31.4. The standard InChI is InChI=1S/C29H30N4O4S2/c1-31(2)26-9-3-8-23-22(26)7-4-10-27(23)39(36,37)30-24-11-12-25-20-14-19(17-33(25)29(24)35)16-32(18-20)28(34)15-21-6-5-13-38-21/h3-13,19-20,30H,14-18H2,1-2H3/t19-,20+/m0/s1. The van der Waals surface area contributed by atoms with Crippen LogP contribution in [-0.4, -0.2) is 51.0 Å². The number of likely N-dealkylation sites (tertiary alicyclic amines) is 1. The summed E-state index contributed by atoms with van der Waals surface area (Å²) in [4.78, 5) is 31.5. The first-order valence-electron chi connectivity index (χ1n) is 13.0. The molecule has 1 saturated heterocycles. The van der Waals surface area contributed by atoms with Gasteiger partial charge in [-0.15, -0.1) is 11.3 Å². The number of pyridine rings is 1. The fourth-order valence-corrected chi connectivity index (χ4v) is 7.97. The van der Waals surface area contributed by atoms with Crippen LogP contribution in [-0.2, 0) is 27.8 Å². The zero-order chi connectivity index (χ0) is 27.3. The molecule has 0 aliphatic carbocycles. The number of benzene rings is 2. The van der Waals surface area contributed by atoms with Crippen LogP contribution >= 0.6 is 11.3 Å². The number of amides is 1. The molecule has 1 amide bonds. The van der Waals surface area contributed by atoms with Crippen molar-refractivity contribution in [1.82, 2.24) is 9.47 Å². The second-order valence-electron chi connectivity index (χ2n) is 10.6. The van der Waals surface area contributed by atoms with E-state index in [0.29, 0.717) is 31.4 Å². The summed E-state index contributed by atoms with van der Waals surface area (Å²) in [6, 6.07) is 18.1. The van der Waals surface area contributed by atoms with Crippen LogP contribution in [0.2, 0.25) is 0 Å². The zero-order valence-electron chi connectivity index (χ0n) is 21.8.